The van der Waals surface area contributed by atoms with E-state index in [9.17, 15) is 9.90 Å². The fourth-order valence-corrected chi connectivity index (χ4v) is 2.91. The standard InChI is InChI=1S/C19H20BrCl2NO3/c20-11-18(24)23-13-19(25,15-6-7-16(21)17(22)10-15)8-9-26-12-14-4-2-1-3-5-14/h1-7,10,25H,8-9,11-13H2,(H,23,24). The number of benzene rings is 2. The molecule has 2 N–H and O–H groups in total. The predicted octanol–water partition coefficient (Wildman–Crippen LogP) is 4.30. The zero-order valence-corrected chi connectivity index (χ0v) is 17.1. The first-order chi connectivity index (χ1) is 12.4. The maximum absolute atomic E-state index is 11.6. The van der Waals surface area contributed by atoms with E-state index in [4.69, 9.17) is 27.9 Å². The Morgan fingerprint density at radius 1 is 1.15 bits per heavy atom. The second-order valence-electron chi connectivity index (χ2n) is 5.86. The smallest absolute Gasteiger partial charge is 0.230 e. The average molecular weight is 461 g/mol. The van der Waals surface area contributed by atoms with E-state index in [1.807, 2.05) is 30.3 Å². The normalized spacial score (nSPS) is 13.2. The molecule has 0 spiro atoms. The van der Waals surface area contributed by atoms with Crippen molar-refractivity contribution in [2.45, 2.75) is 18.6 Å². The molecule has 2 aromatic carbocycles. The van der Waals surface area contributed by atoms with E-state index in [0.717, 1.165) is 5.56 Å². The molecule has 7 heteroatoms. The predicted molar refractivity (Wildman–Crippen MR) is 108 cm³/mol. The van der Waals surface area contributed by atoms with E-state index in [-0.39, 0.29) is 17.8 Å². The molecule has 140 valence electrons. The fraction of sp³-hybridized carbons (Fsp3) is 0.316. The molecular weight excluding hydrogens is 441 g/mol. The average Bonchev–Trinajstić information content (AvgIpc) is 2.66. The molecule has 1 unspecified atom stereocenters. The lowest BCUT2D eigenvalue weighted by Gasteiger charge is -2.29. The van der Waals surface area contributed by atoms with Crippen LogP contribution in [0.5, 0.6) is 0 Å². The Labute approximate surface area is 171 Å². The van der Waals surface area contributed by atoms with Crippen LogP contribution in [0.3, 0.4) is 0 Å². The molecule has 0 aliphatic heterocycles. The molecule has 1 amide bonds. The zero-order valence-electron chi connectivity index (χ0n) is 14.1. The Hall–Kier alpha value is -1.11. The molecule has 26 heavy (non-hydrogen) atoms. The van der Waals surface area contributed by atoms with Crippen LogP contribution >= 0.6 is 39.1 Å². The van der Waals surface area contributed by atoms with Crippen molar-refractivity contribution >= 4 is 45.0 Å². The highest BCUT2D eigenvalue weighted by Gasteiger charge is 2.30. The molecule has 4 nitrogen and oxygen atoms in total. The monoisotopic (exact) mass is 459 g/mol. The van der Waals surface area contributed by atoms with Crippen LogP contribution in [-0.4, -0.2) is 29.5 Å². The number of halogens is 3. The maximum Gasteiger partial charge on any atom is 0.230 e. The van der Waals surface area contributed by atoms with Gasteiger partial charge >= 0.3 is 0 Å². The van der Waals surface area contributed by atoms with Gasteiger partial charge in [-0.15, -0.1) is 0 Å². The van der Waals surface area contributed by atoms with E-state index < -0.39 is 5.60 Å². The topological polar surface area (TPSA) is 58.6 Å². The van der Waals surface area contributed by atoms with Gasteiger partial charge in [0.1, 0.15) is 5.60 Å². The molecule has 0 fully saturated rings. The summed E-state index contributed by atoms with van der Waals surface area (Å²) in [5, 5.41) is 14.7. The van der Waals surface area contributed by atoms with Crippen molar-refractivity contribution in [3.05, 3.63) is 69.7 Å². The van der Waals surface area contributed by atoms with Crippen molar-refractivity contribution in [3.63, 3.8) is 0 Å². The Bertz CT molecular complexity index is 730. The Morgan fingerprint density at radius 3 is 2.54 bits per heavy atom. The minimum absolute atomic E-state index is 0.0457. The van der Waals surface area contributed by atoms with Crippen LogP contribution in [-0.2, 0) is 21.7 Å². The summed E-state index contributed by atoms with van der Waals surface area (Å²) in [4.78, 5) is 11.6. The van der Waals surface area contributed by atoms with E-state index in [2.05, 4.69) is 21.2 Å². The SMILES string of the molecule is O=C(CBr)NCC(O)(CCOCc1ccccc1)c1ccc(Cl)c(Cl)c1. The van der Waals surface area contributed by atoms with Gasteiger partial charge in [-0.2, -0.15) is 0 Å². The highest BCUT2D eigenvalue weighted by molar-refractivity contribution is 9.09. The van der Waals surface area contributed by atoms with E-state index in [0.29, 0.717) is 35.2 Å². The molecule has 2 rings (SSSR count). The number of rotatable bonds is 9. The molecule has 0 bridgehead atoms. The quantitative estimate of drug-likeness (QED) is 0.433. The Balaban J connectivity index is 2.04. The summed E-state index contributed by atoms with van der Waals surface area (Å²) >= 11 is 15.1. The van der Waals surface area contributed by atoms with Crippen LogP contribution in [0.1, 0.15) is 17.5 Å². The minimum atomic E-state index is -1.32. The number of ether oxygens (including phenoxy) is 1. The van der Waals surface area contributed by atoms with Crippen LogP contribution < -0.4 is 5.32 Å². The first kappa shape index (κ1) is 21.2. The number of aliphatic hydroxyl groups is 1. The molecule has 0 aromatic heterocycles. The molecule has 1 atom stereocenters. The number of carbonyl (C=O) groups is 1. The molecule has 0 aliphatic rings. The first-order valence-electron chi connectivity index (χ1n) is 8.07. The summed E-state index contributed by atoms with van der Waals surface area (Å²) < 4.78 is 5.68. The lowest BCUT2D eigenvalue weighted by Crippen LogP contribution is -2.42. The molecule has 0 saturated heterocycles. The van der Waals surface area contributed by atoms with E-state index >= 15 is 0 Å². The number of hydrogen-bond acceptors (Lipinski definition) is 3. The second kappa shape index (κ2) is 10.3. The highest BCUT2D eigenvalue weighted by Crippen LogP contribution is 2.31. The van der Waals surface area contributed by atoms with Gasteiger partial charge in [-0.3, -0.25) is 4.79 Å². The van der Waals surface area contributed by atoms with Gasteiger partial charge in [-0.1, -0.05) is 75.5 Å². The summed E-state index contributed by atoms with van der Waals surface area (Å²) in [6, 6.07) is 14.7. The van der Waals surface area contributed by atoms with Gasteiger partial charge < -0.3 is 15.2 Å². The van der Waals surface area contributed by atoms with Crippen LogP contribution in [0.4, 0.5) is 0 Å². The largest absolute Gasteiger partial charge is 0.383 e. The molecular formula is C19H20BrCl2NO3. The summed E-state index contributed by atoms with van der Waals surface area (Å²) in [6.07, 6.45) is 0.292. The van der Waals surface area contributed by atoms with Crippen molar-refractivity contribution in [2.24, 2.45) is 0 Å². The highest BCUT2D eigenvalue weighted by atomic mass is 79.9. The Kier molecular flexibility index (Phi) is 8.38. The van der Waals surface area contributed by atoms with Gasteiger partial charge in [0, 0.05) is 6.42 Å². The molecule has 0 heterocycles. The van der Waals surface area contributed by atoms with Gasteiger partial charge in [0.25, 0.3) is 0 Å². The van der Waals surface area contributed by atoms with Crippen molar-refractivity contribution in [1.29, 1.82) is 0 Å². The molecule has 2 aromatic rings. The number of carbonyl (C=O) groups excluding carboxylic acids is 1. The van der Waals surface area contributed by atoms with Crippen molar-refractivity contribution in [3.8, 4) is 0 Å². The van der Waals surface area contributed by atoms with Gasteiger partial charge in [-0.25, -0.2) is 0 Å². The number of nitrogens with one attached hydrogen (secondary N) is 1. The van der Waals surface area contributed by atoms with Crippen molar-refractivity contribution in [2.75, 3.05) is 18.5 Å². The van der Waals surface area contributed by atoms with Crippen molar-refractivity contribution in [1.82, 2.24) is 5.32 Å². The van der Waals surface area contributed by atoms with Crippen LogP contribution in [0, 0.1) is 0 Å². The first-order valence-corrected chi connectivity index (χ1v) is 9.94. The van der Waals surface area contributed by atoms with Gasteiger partial charge in [0.2, 0.25) is 5.91 Å². The fourth-order valence-electron chi connectivity index (χ4n) is 2.42. The zero-order chi connectivity index (χ0) is 19.0. The lowest BCUT2D eigenvalue weighted by molar-refractivity contribution is -0.120. The maximum atomic E-state index is 11.6. The van der Waals surface area contributed by atoms with Gasteiger partial charge in [0.05, 0.1) is 35.1 Å². The summed E-state index contributed by atoms with van der Waals surface area (Å²) in [7, 11) is 0. The summed E-state index contributed by atoms with van der Waals surface area (Å²) in [5.41, 5.74) is 0.311. The van der Waals surface area contributed by atoms with Crippen molar-refractivity contribution < 1.29 is 14.6 Å². The molecule has 0 aliphatic carbocycles. The summed E-state index contributed by atoms with van der Waals surface area (Å²) in [5.74, 6) is -0.214. The van der Waals surface area contributed by atoms with Crippen LogP contribution in [0.2, 0.25) is 10.0 Å². The van der Waals surface area contributed by atoms with Gasteiger partial charge in [-0.05, 0) is 23.3 Å². The third kappa shape index (κ3) is 6.25. The number of amides is 1. The summed E-state index contributed by atoms with van der Waals surface area (Å²) in [6.45, 7) is 0.811. The third-order valence-electron chi connectivity index (χ3n) is 3.93. The van der Waals surface area contributed by atoms with Crippen LogP contribution in [0.25, 0.3) is 0 Å². The van der Waals surface area contributed by atoms with Crippen LogP contribution in [0.15, 0.2) is 48.5 Å². The van der Waals surface area contributed by atoms with E-state index in [1.165, 1.54) is 0 Å². The number of alkyl halides is 1. The van der Waals surface area contributed by atoms with Gasteiger partial charge in [0.15, 0.2) is 0 Å². The van der Waals surface area contributed by atoms with E-state index in [1.54, 1.807) is 18.2 Å². The lowest BCUT2D eigenvalue weighted by atomic mass is 9.90. The molecule has 0 radical (unpaired) electrons. The Morgan fingerprint density at radius 2 is 1.88 bits per heavy atom. The molecule has 0 saturated carbocycles. The third-order valence-corrected chi connectivity index (χ3v) is 5.18. The number of hydrogen-bond donors (Lipinski definition) is 2. The minimum Gasteiger partial charge on any atom is -0.383 e. The second-order valence-corrected chi connectivity index (χ2v) is 7.23.